The number of benzene rings is 1. The summed E-state index contributed by atoms with van der Waals surface area (Å²) in [5.74, 6) is 2.40. The SMILES string of the molecule is O=C(NCC1CCN(C(=O)O)CC1)c1c[nH]c2c(-c3c(OCC4CC4)ccc4c3OCO4)ncnc12. The zero-order valence-corrected chi connectivity index (χ0v) is 19.7. The molecule has 11 heteroatoms. The predicted molar refractivity (Wildman–Crippen MR) is 128 cm³/mol. The Hall–Kier alpha value is -4.02. The van der Waals surface area contributed by atoms with Gasteiger partial charge in [-0.15, -0.1) is 0 Å². The van der Waals surface area contributed by atoms with Gasteiger partial charge in [-0.2, -0.15) is 0 Å². The van der Waals surface area contributed by atoms with Crippen LogP contribution >= 0.6 is 0 Å². The van der Waals surface area contributed by atoms with Gasteiger partial charge in [-0.25, -0.2) is 14.8 Å². The summed E-state index contributed by atoms with van der Waals surface area (Å²) < 4.78 is 17.5. The first-order valence-corrected chi connectivity index (χ1v) is 12.2. The standard InChI is InChI=1S/C25H27N5O6/c31-24(27-9-14-5-7-30(8-6-14)25(32)33)16-10-26-22-20(16)28-12-29-21(22)19-17(34-11-15-1-2-15)3-4-18-23(19)36-13-35-18/h3-4,10,12,14-15,26H,1-2,5-9,11,13H2,(H,27,31)(H,32,33). The van der Waals surface area contributed by atoms with E-state index in [0.29, 0.717) is 77.3 Å². The Balaban J connectivity index is 1.25. The zero-order valence-electron chi connectivity index (χ0n) is 19.7. The van der Waals surface area contributed by atoms with Crippen LogP contribution in [0.25, 0.3) is 22.3 Å². The number of carbonyl (C=O) groups excluding carboxylic acids is 1. The van der Waals surface area contributed by atoms with Crippen molar-refractivity contribution in [1.29, 1.82) is 0 Å². The molecule has 3 aliphatic rings. The van der Waals surface area contributed by atoms with Gasteiger partial charge in [0.2, 0.25) is 6.79 Å². The Bertz CT molecular complexity index is 1310. The number of rotatable bonds is 7. The van der Waals surface area contributed by atoms with Crippen molar-refractivity contribution in [2.45, 2.75) is 25.7 Å². The van der Waals surface area contributed by atoms with Gasteiger partial charge in [-0.3, -0.25) is 4.79 Å². The van der Waals surface area contributed by atoms with E-state index >= 15 is 0 Å². The van der Waals surface area contributed by atoms with Gasteiger partial charge in [0.1, 0.15) is 23.3 Å². The van der Waals surface area contributed by atoms with Gasteiger partial charge in [0.05, 0.1) is 23.3 Å². The minimum absolute atomic E-state index is 0.117. The Morgan fingerprint density at radius 1 is 1.14 bits per heavy atom. The summed E-state index contributed by atoms with van der Waals surface area (Å²) in [6.45, 7) is 2.19. The maximum Gasteiger partial charge on any atom is 0.407 e. The second kappa shape index (κ2) is 9.21. The molecule has 0 unspecified atom stereocenters. The Morgan fingerprint density at radius 2 is 1.97 bits per heavy atom. The maximum absolute atomic E-state index is 13.1. The number of hydrogen-bond donors (Lipinski definition) is 3. The van der Waals surface area contributed by atoms with Gasteiger partial charge in [0, 0.05) is 25.8 Å². The predicted octanol–water partition coefficient (Wildman–Crippen LogP) is 3.26. The molecule has 1 saturated carbocycles. The van der Waals surface area contributed by atoms with Crippen molar-refractivity contribution in [2.75, 3.05) is 33.0 Å². The number of nitrogens with one attached hydrogen (secondary N) is 2. The summed E-state index contributed by atoms with van der Waals surface area (Å²) in [5, 5.41) is 12.1. The monoisotopic (exact) mass is 493 g/mol. The highest BCUT2D eigenvalue weighted by molar-refractivity contribution is 6.08. The van der Waals surface area contributed by atoms with Gasteiger partial charge < -0.3 is 34.5 Å². The number of piperidine rings is 1. The van der Waals surface area contributed by atoms with E-state index in [-0.39, 0.29) is 18.6 Å². The number of nitrogens with zero attached hydrogens (tertiary/aromatic N) is 3. The fourth-order valence-electron chi connectivity index (χ4n) is 4.75. The molecular weight excluding hydrogens is 466 g/mol. The van der Waals surface area contributed by atoms with Crippen molar-refractivity contribution in [3.63, 3.8) is 0 Å². The number of ether oxygens (including phenoxy) is 3. The molecule has 11 nitrogen and oxygen atoms in total. The molecule has 0 radical (unpaired) electrons. The molecule has 36 heavy (non-hydrogen) atoms. The van der Waals surface area contributed by atoms with Crippen molar-refractivity contribution >= 4 is 23.0 Å². The quantitative estimate of drug-likeness (QED) is 0.456. The molecule has 0 atom stereocenters. The lowest BCUT2D eigenvalue weighted by Gasteiger charge is -2.29. The second-order valence-corrected chi connectivity index (χ2v) is 9.50. The van der Waals surface area contributed by atoms with Crippen LogP contribution in [-0.4, -0.2) is 70.0 Å². The van der Waals surface area contributed by atoms with Crippen molar-refractivity contribution in [1.82, 2.24) is 25.2 Å². The maximum atomic E-state index is 13.1. The normalized spacial score (nSPS) is 17.4. The first kappa shape index (κ1) is 22.4. The first-order valence-electron chi connectivity index (χ1n) is 12.2. The van der Waals surface area contributed by atoms with E-state index in [9.17, 15) is 9.59 Å². The third-order valence-corrected chi connectivity index (χ3v) is 7.05. The number of carboxylic acid groups (broad SMARTS) is 1. The second-order valence-electron chi connectivity index (χ2n) is 9.50. The van der Waals surface area contributed by atoms with E-state index < -0.39 is 6.09 Å². The molecule has 2 fully saturated rings. The molecule has 0 bridgehead atoms. The number of amides is 2. The topological polar surface area (TPSA) is 139 Å². The summed E-state index contributed by atoms with van der Waals surface area (Å²) in [7, 11) is 0. The third-order valence-electron chi connectivity index (χ3n) is 7.05. The van der Waals surface area contributed by atoms with Crippen LogP contribution in [0.4, 0.5) is 4.79 Å². The van der Waals surface area contributed by atoms with Gasteiger partial charge in [0.15, 0.2) is 11.5 Å². The number of aromatic nitrogens is 3. The molecule has 3 N–H and O–H groups in total. The number of likely N-dealkylation sites (tertiary alicyclic amines) is 1. The number of H-pyrrole nitrogens is 1. The average molecular weight is 494 g/mol. The summed E-state index contributed by atoms with van der Waals surface area (Å²) >= 11 is 0. The minimum atomic E-state index is -0.895. The molecule has 1 aromatic carbocycles. The lowest BCUT2D eigenvalue weighted by molar-refractivity contribution is 0.0930. The summed E-state index contributed by atoms with van der Waals surface area (Å²) in [4.78, 5) is 37.7. The van der Waals surface area contributed by atoms with Crippen molar-refractivity contribution in [3.8, 4) is 28.5 Å². The molecule has 2 aliphatic heterocycles. The molecule has 2 amide bonds. The van der Waals surface area contributed by atoms with Gasteiger partial charge in [-0.1, -0.05) is 0 Å². The molecule has 0 spiro atoms. The molecule has 1 saturated heterocycles. The molecule has 188 valence electrons. The van der Waals surface area contributed by atoms with Crippen LogP contribution in [0, 0.1) is 11.8 Å². The third kappa shape index (κ3) is 4.25. The van der Waals surface area contributed by atoms with Crippen LogP contribution in [0.2, 0.25) is 0 Å². The van der Waals surface area contributed by atoms with Gasteiger partial charge in [-0.05, 0) is 49.7 Å². The van der Waals surface area contributed by atoms with E-state index in [2.05, 4.69) is 20.3 Å². The fraction of sp³-hybridized carbons (Fsp3) is 0.440. The molecule has 6 rings (SSSR count). The fourth-order valence-corrected chi connectivity index (χ4v) is 4.75. The molecule has 2 aromatic heterocycles. The Morgan fingerprint density at radius 3 is 2.75 bits per heavy atom. The largest absolute Gasteiger partial charge is 0.492 e. The highest BCUT2D eigenvalue weighted by atomic mass is 16.7. The summed E-state index contributed by atoms with van der Waals surface area (Å²) in [6, 6.07) is 3.70. The van der Waals surface area contributed by atoms with Crippen LogP contribution in [0.15, 0.2) is 24.7 Å². The minimum Gasteiger partial charge on any atom is -0.492 e. The average Bonchev–Trinajstić information content (AvgIpc) is 3.42. The van der Waals surface area contributed by atoms with Crippen LogP contribution in [0.5, 0.6) is 17.2 Å². The summed E-state index contributed by atoms with van der Waals surface area (Å²) in [6.07, 6.45) is 5.96. The van der Waals surface area contributed by atoms with E-state index in [1.165, 1.54) is 24.1 Å². The van der Waals surface area contributed by atoms with Crippen LogP contribution in [0.3, 0.4) is 0 Å². The lowest BCUT2D eigenvalue weighted by atomic mass is 9.97. The number of aromatic amines is 1. The smallest absolute Gasteiger partial charge is 0.407 e. The van der Waals surface area contributed by atoms with Crippen LogP contribution < -0.4 is 19.5 Å². The van der Waals surface area contributed by atoms with Crippen molar-refractivity contribution in [2.24, 2.45) is 11.8 Å². The Kier molecular flexibility index (Phi) is 5.74. The number of hydrogen-bond acceptors (Lipinski definition) is 7. The highest BCUT2D eigenvalue weighted by Crippen LogP contribution is 2.48. The van der Waals surface area contributed by atoms with E-state index in [1.807, 2.05) is 12.1 Å². The van der Waals surface area contributed by atoms with Crippen LogP contribution in [0.1, 0.15) is 36.0 Å². The highest BCUT2D eigenvalue weighted by Gasteiger charge is 2.29. The van der Waals surface area contributed by atoms with E-state index in [4.69, 9.17) is 19.3 Å². The van der Waals surface area contributed by atoms with Crippen molar-refractivity contribution in [3.05, 3.63) is 30.2 Å². The van der Waals surface area contributed by atoms with Gasteiger partial charge in [0.25, 0.3) is 5.91 Å². The van der Waals surface area contributed by atoms with E-state index in [1.54, 1.807) is 6.20 Å². The number of carbonyl (C=O) groups is 2. The van der Waals surface area contributed by atoms with Crippen LogP contribution in [-0.2, 0) is 0 Å². The molecule has 3 aromatic rings. The molecule has 4 heterocycles. The Labute approximate surface area is 206 Å². The summed E-state index contributed by atoms with van der Waals surface area (Å²) in [5.41, 5.74) is 2.78. The van der Waals surface area contributed by atoms with E-state index in [0.717, 1.165) is 12.8 Å². The lowest BCUT2D eigenvalue weighted by Crippen LogP contribution is -2.40. The van der Waals surface area contributed by atoms with Gasteiger partial charge >= 0.3 is 6.09 Å². The molecule has 1 aliphatic carbocycles. The number of fused-ring (bicyclic) bond motifs is 2. The molecular formula is C25H27N5O6. The zero-order chi connectivity index (χ0) is 24.6. The first-order chi connectivity index (χ1) is 17.6. The van der Waals surface area contributed by atoms with Crippen molar-refractivity contribution < 1.29 is 28.9 Å².